The minimum absolute atomic E-state index is 0.171. The van der Waals surface area contributed by atoms with Crippen LogP contribution in [0.25, 0.3) is 0 Å². The lowest BCUT2D eigenvalue weighted by atomic mass is 10.2. The van der Waals surface area contributed by atoms with Crippen LogP contribution in [-0.2, 0) is 17.8 Å². The average Bonchev–Trinajstić information content (AvgIpc) is 2.47. The predicted octanol–water partition coefficient (Wildman–Crippen LogP) is 3.28. The van der Waals surface area contributed by atoms with Crippen molar-refractivity contribution in [1.29, 1.82) is 0 Å². The van der Waals surface area contributed by atoms with Crippen molar-refractivity contribution in [2.24, 2.45) is 0 Å². The Morgan fingerprint density at radius 2 is 2.10 bits per heavy atom. The molecule has 0 unspecified atom stereocenters. The van der Waals surface area contributed by atoms with Gasteiger partial charge in [0.25, 0.3) is 0 Å². The Bertz CT molecular complexity index is 640. The number of aryl methyl sites for hydroxylation is 1. The topological polar surface area (TPSA) is 68.7 Å². The highest BCUT2D eigenvalue weighted by atomic mass is 16.5. The number of carboxylic acids is 1. The van der Waals surface area contributed by atoms with Gasteiger partial charge in [-0.2, -0.15) is 0 Å². The molecule has 5 heteroatoms. The van der Waals surface area contributed by atoms with E-state index >= 15 is 0 Å². The van der Waals surface area contributed by atoms with Crippen LogP contribution >= 0.6 is 0 Å². The maximum absolute atomic E-state index is 11.1. The number of aromatic carboxylic acids is 1. The van der Waals surface area contributed by atoms with Crippen LogP contribution in [0, 0.1) is 0 Å². The van der Waals surface area contributed by atoms with Gasteiger partial charge in [0.15, 0.2) is 0 Å². The summed E-state index contributed by atoms with van der Waals surface area (Å²) in [6, 6.07) is 10.4. The van der Waals surface area contributed by atoms with Gasteiger partial charge in [0.2, 0.25) is 5.88 Å². The van der Waals surface area contributed by atoms with Gasteiger partial charge in [-0.1, -0.05) is 19.1 Å². The van der Waals surface area contributed by atoms with Crippen molar-refractivity contribution < 1.29 is 19.4 Å². The molecule has 110 valence electrons. The van der Waals surface area contributed by atoms with Crippen molar-refractivity contribution >= 4 is 5.97 Å². The summed E-state index contributed by atoms with van der Waals surface area (Å²) in [5, 5.41) is 9.11. The fourth-order valence-electron chi connectivity index (χ4n) is 1.90. The molecule has 0 atom stereocenters. The third-order valence-corrected chi connectivity index (χ3v) is 2.90. The third-order valence-electron chi connectivity index (χ3n) is 2.90. The molecule has 0 spiro atoms. The van der Waals surface area contributed by atoms with Gasteiger partial charge in [-0.05, 0) is 30.2 Å². The Hall–Kier alpha value is -2.40. The Labute approximate surface area is 123 Å². The number of pyridine rings is 1. The van der Waals surface area contributed by atoms with Crippen molar-refractivity contribution in [2.45, 2.75) is 20.0 Å². The van der Waals surface area contributed by atoms with E-state index < -0.39 is 5.97 Å². The normalized spacial score (nSPS) is 10.4. The Morgan fingerprint density at radius 3 is 2.76 bits per heavy atom. The molecule has 0 saturated carbocycles. The number of methoxy groups -OCH3 is 1. The lowest BCUT2D eigenvalue weighted by Crippen LogP contribution is -2.01. The molecule has 21 heavy (non-hydrogen) atoms. The zero-order valence-electron chi connectivity index (χ0n) is 12.0. The van der Waals surface area contributed by atoms with E-state index in [2.05, 4.69) is 4.98 Å². The zero-order chi connectivity index (χ0) is 15.2. The van der Waals surface area contributed by atoms with Crippen molar-refractivity contribution in [3.8, 4) is 11.6 Å². The maximum Gasteiger partial charge on any atom is 0.335 e. The summed E-state index contributed by atoms with van der Waals surface area (Å²) in [7, 11) is 1.62. The zero-order valence-corrected chi connectivity index (χ0v) is 12.0. The molecule has 0 fully saturated rings. The first-order chi connectivity index (χ1) is 10.1. The number of hydrogen-bond acceptors (Lipinski definition) is 4. The SMILES string of the molecule is CCc1cc(C(=O)O)cc(Oc2cccc(COC)c2)n1. The van der Waals surface area contributed by atoms with Gasteiger partial charge in [-0.3, -0.25) is 0 Å². The first-order valence-electron chi connectivity index (χ1n) is 6.62. The van der Waals surface area contributed by atoms with Gasteiger partial charge in [0, 0.05) is 18.9 Å². The number of carbonyl (C=O) groups is 1. The van der Waals surface area contributed by atoms with Crippen molar-refractivity contribution in [3.05, 3.63) is 53.2 Å². The summed E-state index contributed by atoms with van der Waals surface area (Å²) >= 11 is 0. The molecular formula is C16H17NO4. The van der Waals surface area contributed by atoms with E-state index in [0.29, 0.717) is 24.5 Å². The number of ether oxygens (including phenoxy) is 2. The van der Waals surface area contributed by atoms with Gasteiger partial charge >= 0.3 is 5.97 Å². The number of benzene rings is 1. The monoisotopic (exact) mass is 287 g/mol. The smallest absolute Gasteiger partial charge is 0.335 e. The first-order valence-corrected chi connectivity index (χ1v) is 6.62. The fraction of sp³-hybridized carbons (Fsp3) is 0.250. The number of nitrogens with zero attached hydrogens (tertiary/aromatic N) is 1. The summed E-state index contributed by atoms with van der Waals surface area (Å²) < 4.78 is 10.7. The van der Waals surface area contributed by atoms with Crippen LogP contribution in [0.15, 0.2) is 36.4 Å². The van der Waals surface area contributed by atoms with E-state index in [1.54, 1.807) is 19.2 Å². The van der Waals surface area contributed by atoms with Crippen molar-refractivity contribution in [3.63, 3.8) is 0 Å². The number of aromatic nitrogens is 1. The Morgan fingerprint density at radius 1 is 1.29 bits per heavy atom. The summed E-state index contributed by atoms with van der Waals surface area (Å²) in [6.45, 7) is 2.40. The highest BCUT2D eigenvalue weighted by Crippen LogP contribution is 2.22. The third kappa shape index (κ3) is 4.03. The molecule has 0 radical (unpaired) electrons. The number of hydrogen-bond donors (Lipinski definition) is 1. The minimum atomic E-state index is -0.995. The van der Waals surface area contributed by atoms with Crippen LogP contribution in [-0.4, -0.2) is 23.2 Å². The molecule has 1 N–H and O–H groups in total. The van der Waals surface area contributed by atoms with Crippen molar-refractivity contribution in [2.75, 3.05) is 7.11 Å². The highest BCUT2D eigenvalue weighted by Gasteiger charge is 2.09. The molecule has 0 aliphatic carbocycles. The lowest BCUT2D eigenvalue weighted by molar-refractivity contribution is 0.0696. The second kappa shape index (κ2) is 6.85. The standard InChI is InChI=1S/C16H17NO4/c1-3-13-8-12(16(18)19)9-15(17-13)21-14-6-4-5-11(7-14)10-20-2/h4-9H,3,10H2,1-2H3,(H,18,19). The van der Waals surface area contributed by atoms with Gasteiger partial charge in [0.05, 0.1) is 12.2 Å². The maximum atomic E-state index is 11.1. The Kier molecular flexibility index (Phi) is 4.90. The molecule has 1 aromatic carbocycles. The number of rotatable bonds is 6. The number of carboxylic acid groups (broad SMARTS) is 1. The molecule has 2 rings (SSSR count). The molecular weight excluding hydrogens is 270 g/mol. The second-order valence-corrected chi connectivity index (χ2v) is 4.53. The molecule has 0 amide bonds. The second-order valence-electron chi connectivity index (χ2n) is 4.53. The van der Waals surface area contributed by atoms with Gasteiger partial charge in [-0.25, -0.2) is 9.78 Å². The van der Waals surface area contributed by atoms with E-state index in [9.17, 15) is 4.79 Å². The van der Waals surface area contributed by atoms with Crippen LogP contribution in [0.2, 0.25) is 0 Å². The molecule has 5 nitrogen and oxygen atoms in total. The molecule has 1 aromatic heterocycles. The van der Waals surface area contributed by atoms with E-state index in [4.69, 9.17) is 14.6 Å². The van der Waals surface area contributed by atoms with E-state index in [1.807, 2.05) is 25.1 Å². The first kappa shape index (κ1) is 15.0. The lowest BCUT2D eigenvalue weighted by Gasteiger charge is -2.09. The largest absolute Gasteiger partial charge is 0.478 e. The molecule has 1 heterocycles. The summed E-state index contributed by atoms with van der Waals surface area (Å²) in [5.41, 5.74) is 1.82. The van der Waals surface area contributed by atoms with Crippen LogP contribution < -0.4 is 4.74 Å². The Balaban J connectivity index is 2.28. The van der Waals surface area contributed by atoms with Crippen LogP contribution in [0.5, 0.6) is 11.6 Å². The summed E-state index contributed by atoms with van der Waals surface area (Å²) in [4.78, 5) is 15.4. The van der Waals surface area contributed by atoms with Crippen LogP contribution in [0.1, 0.15) is 28.5 Å². The molecule has 2 aromatic rings. The summed E-state index contributed by atoms with van der Waals surface area (Å²) in [6.07, 6.45) is 0.640. The van der Waals surface area contributed by atoms with Gasteiger partial charge in [0.1, 0.15) is 5.75 Å². The average molecular weight is 287 g/mol. The quantitative estimate of drug-likeness (QED) is 0.883. The molecule has 0 saturated heterocycles. The van der Waals surface area contributed by atoms with Crippen LogP contribution in [0.3, 0.4) is 0 Å². The molecule has 0 aliphatic heterocycles. The summed E-state index contributed by atoms with van der Waals surface area (Å²) in [5.74, 6) is -0.118. The van der Waals surface area contributed by atoms with E-state index in [1.165, 1.54) is 6.07 Å². The molecule has 0 bridgehead atoms. The predicted molar refractivity (Wildman–Crippen MR) is 77.8 cm³/mol. The van der Waals surface area contributed by atoms with Crippen LogP contribution in [0.4, 0.5) is 0 Å². The minimum Gasteiger partial charge on any atom is -0.478 e. The van der Waals surface area contributed by atoms with Crippen molar-refractivity contribution in [1.82, 2.24) is 4.98 Å². The van der Waals surface area contributed by atoms with E-state index in [0.717, 1.165) is 5.56 Å². The van der Waals surface area contributed by atoms with Gasteiger partial charge in [-0.15, -0.1) is 0 Å². The van der Waals surface area contributed by atoms with Gasteiger partial charge < -0.3 is 14.6 Å². The van der Waals surface area contributed by atoms with E-state index in [-0.39, 0.29) is 11.4 Å². The molecule has 0 aliphatic rings. The fourth-order valence-corrected chi connectivity index (χ4v) is 1.90. The highest BCUT2D eigenvalue weighted by molar-refractivity contribution is 5.88.